The van der Waals surface area contributed by atoms with Crippen LogP contribution >= 0.6 is 24.0 Å². The first-order chi connectivity index (χ1) is 11.4. The van der Waals surface area contributed by atoms with Gasteiger partial charge in [0.1, 0.15) is 12.4 Å². The summed E-state index contributed by atoms with van der Waals surface area (Å²) in [4.78, 5) is 8.78. The number of aliphatic imine (C=N–C) groups is 1. The molecular formula is C17H25IN4O2. The van der Waals surface area contributed by atoms with Crippen molar-refractivity contribution in [2.24, 2.45) is 4.99 Å². The molecule has 0 radical (unpaired) electrons. The molecule has 6 nitrogen and oxygen atoms in total. The predicted octanol–water partition coefficient (Wildman–Crippen LogP) is 2.95. The molecule has 0 aliphatic heterocycles. The number of rotatable bonds is 9. The molecule has 2 N–H and O–H groups in total. The maximum Gasteiger partial charge on any atom is 0.191 e. The smallest absolute Gasteiger partial charge is 0.191 e. The quantitative estimate of drug-likeness (QED) is 0.269. The molecule has 2 aromatic heterocycles. The molecular weight excluding hydrogens is 419 g/mol. The Hall–Kier alpha value is -1.61. The maximum atomic E-state index is 5.55. The minimum atomic E-state index is 0. The summed E-state index contributed by atoms with van der Waals surface area (Å²) in [6.45, 7) is 5.42. The summed E-state index contributed by atoms with van der Waals surface area (Å²) in [5.41, 5.74) is 0.950. The minimum absolute atomic E-state index is 0. The van der Waals surface area contributed by atoms with Crippen LogP contribution in [0.25, 0.3) is 0 Å². The van der Waals surface area contributed by atoms with Gasteiger partial charge < -0.3 is 19.8 Å². The van der Waals surface area contributed by atoms with Crippen molar-refractivity contribution < 1.29 is 9.15 Å². The van der Waals surface area contributed by atoms with Crippen LogP contribution in [-0.2, 0) is 17.9 Å². The van der Waals surface area contributed by atoms with Crippen LogP contribution in [0.1, 0.15) is 24.8 Å². The normalized spacial score (nSPS) is 11.0. The van der Waals surface area contributed by atoms with Gasteiger partial charge in [-0.2, -0.15) is 0 Å². The highest BCUT2D eigenvalue weighted by atomic mass is 127. The van der Waals surface area contributed by atoms with E-state index in [1.54, 1.807) is 12.5 Å². The van der Waals surface area contributed by atoms with Gasteiger partial charge in [-0.3, -0.25) is 4.98 Å². The Kier molecular flexibility index (Phi) is 10.9. The molecule has 2 aromatic rings. The van der Waals surface area contributed by atoms with Gasteiger partial charge in [0, 0.05) is 25.9 Å². The van der Waals surface area contributed by atoms with E-state index in [1.165, 1.54) is 0 Å². The number of ether oxygens (including phenoxy) is 1. The van der Waals surface area contributed by atoms with Crippen molar-refractivity contribution in [1.82, 2.24) is 15.6 Å². The topological polar surface area (TPSA) is 71.7 Å². The molecule has 132 valence electrons. The van der Waals surface area contributed by atoms with Crippen molar-refractivity contribution >= 4 is 29.9 Å². The maximum absolute atomic E-state index is 5.55. The van der Waals surface area contributed by atoms with Crippen LogP contribution in [0.3, 0.4) is 0 Å². The molecule has 2 heterocycles. The van der Waals surface area contributed by atoms with Crippen molar-refractivity contribution in [3.63, 3.8) is 0 Å². The molecule has 24 heavy (non-hydrogen) atoms. The molecule has 0 saturated heterocycles. The van der Waals surface area contributed by atoms with E-state index in [1.807, 2.05) is 37.3 Å². The summed E-state index contributed by atoms with van der Waals surface area (Å²) in [5.74, 6) is 1.65. The number of hydrogen-bond donors (Lipinski definition) is 2. The van der Waals surface area contributed by atoms with E-state index < -0.39 is 0 Å². The van der Waals surface area contributed by atoms with E-state index in [-0.39, 0.29) is 24.0 Å². The second-order valence-corrected chi connectivity index (χ2v) is 4.93. The van der Waals surface area contributed by atoms with Crippen LogP contribution in [0.4, 0.5) is 0 Å². The molecule has 2 rings (SSSR count). The van der Waals surface area contributed by atoms with E-state index in [9.17, 15) is 0 Å². The van der Waals surface area contributed by atoms with E-state index in [0.717, 1.165) is 36.9 Å². The van der Waals surface area contributed by atoms with Gasteiger partial charge in [-0.05, 0) is 37.6 Å². The second kappa shape index (κ2) is 12.8. The summed E-state index contributed by atoms with van der Waals surface area (Å²) in [6, 6.07) is 9.61. The summed E-state index contributed by atoms with van der Waals surface area (Å²) < 4.78 is 10.8. The van der Waals surface area contributed by atoms with Crippen molar-refractivity contribution in [3.8, 4) is 0 Å². The van der Waals surface area contributed by atoms with Crippen LogP contribution in [-0.4, -0.2) is 30.6 Å². The largest absolute Gasteiger partial charge is 0.467 e. The van der Waals surface area contributed by atoms with Gasteiger partial charge in [0.25, 0.3) is 0 Å². The first-order valence-corrected chi connectivity index (χ1v) is 7.90. The first kappa shape index (κ1) is 20.4. The zero-order chi connectivity index (χ0) is 16.2. The van der Waals surface area contributed by atoms with Gasteiger partial charge >= 0.3 is 0 Å². The van der Waals surface area contributed by atoms with Gasteiger partial charge in [0.05, 0.1) is 18.5 Å². The lowest BCUT2D eigenvalue weighted by Gasteiger charge is -2.11. The lowest BCUT2D eigenvalue weighted by atomic mass is 10.3. The molecule has 0 amide bonds. The van der Waals surface area contributed by atoms with Crippen LogP contribution in [0, 0.1) is 0 Å². The minimum Gasteiger partial charge on any atom is -0.467 e. The molecule has 0 spiro atoms. The number of aromatic nitrogens is 1. The molecule has 0 aromatic carbocycles. The van der Waals surface area contributed by atoms with Crippen LogP contribution in [0.15, 0.2) is 52.2 Å². The molecule has 0 aliphatic rings. The van der Waals surface area contributed by atoms with E-state index >= 15 is 0 Å². The van der Waals surface area contributed by atoms with Crippen LogP contribution in [0.5, 0.6) is 0 Å². The van der Waals surface area contributed by atoms with E-state index in [0.29, 0.717) is 19.8 Å². The monoisotopic (exact) mass is 444 g/mol. The summed E-state index contributed by atoms with van der Waals surface area (Å²) in [6.07, 6.45) is 4.33. The Morgan fingerprint density at radius 3 is 2.88 bits per heavy atom. The Morgan fingerprint density at radius 2 is 2.17 bits per heavy atom. The third-order valence-corrected chi connectivity index (χ3v) is 3.05. The fraction of sp³-hybridized carbons (Fsp3) is 0.412. The molecule has 0 bridgehead atoms. The molecule has 0 unspecified atom stereocenters. The third-order valence-electron chi connectivity index (χ3n) is 3.05. The fourth-order valence-electron chi connectivity index (χ4n) is 1.94. The number of halogens is 1. The molecule has 0 atom stereocenters. The molecule has 0 fully saturated rings. The summed E-state index contributed by atoms with van der Waals surface area (Å²) in [5, 5.41) is 6.51. The Morgan fingerprint density at radius 1 is 1.25 bits per heavy atom. The van der Waals surface area contributed by atoms with Crippen molar-refractivity contribution in [2.45, 2.75) is 26.5 Å². The van der Waals surface area contributed by atoms with Gasteiger partial charge in [-0.25, -0.2) is 4.99 Å². The average molecular weight is 444 g/mol. The number of furan rings is 1. The number of nitrogens with zero attached hydrogens (tertiary/aromatic N) is 2. The molecule has 7 heteroatoms. The molecule has 0 saturated carbocycles. The lowest BCUT2D eigenvalue weighted by Crippen LogP contribution is -2.38. The van der Waals surface area contributed by atoms with Gasteiger partial charge in [0.15, 0.2) is 5.96 Å². The fourth-order valence-corrected chi connectivity index (χ4v) is 1.94. The highest BCUT2D eigenvalue weighted by molar-refractivity contribution is 14.0. The third kappa shape index (κ3) is 8.30. The number of nitrogens with one attached hydrogen (secondary N) is 2. The zero-order valence-electron chi connectivity index (χ0n) is 13.9. The lowest BCUT2D eigenvalue weighted by molar-refractivity contribution is 0.105. The molecule has 0 aliphatic carbocycles. The predicted molar refractivity (Wildman–Crippen MR) is 105 cm³/mol. The van der Waals surface area contributed by atoms with Crippen molar-refractivity contribution in [2.75, 3.05) is 19.7 Å². The van der Waals surface area contributed by atoms with E-state index in [4.69, 9.17) is 9.15 Å². The highest BCUT2D eigenvalue weighted by Gasteiger charge is 1.99. The number of pyridine rings is 1. The zero-order valence-corrected chi connectivity index (χ0v) is 16.2. The van der Waals surface area contributed by atoms with Gasteiger partial charge in [0.2, 0.25) is 0 Å². The Labute approximate surface area is 160 Å². The summed E-state index contributed by atoms with van der Waals surface area (Å²) in [7, 11) is 0. The Balaban J connectivity index is 0.00000288. The van der Waals surface area contributed by atoms with Crippen molar-refractivity contribution in [3.05, 3.63) is 54.2 Å². The first-order valence-electron chi connectivity index (χ1n) is 7.90. The van der Waals surface area contributed by atoms with Crippen LogP contribution < -0.4 is 10.6 Å². The standard InChI is InChI=1S/C17H24N4O2.HI/c1-2-18-17(21-13-15-7-3-4-9-19-15)20-10-6-11-22-14-16-8-5-12-23-16;/h3-5,7-9,12H,2,6,10-11,13-14H2,1H3,(H2,18,20,21);1H. The van der Waals surface area contributed by atoms with Gasteiger partial charge in [-0.15, -0.1) is 24.0 Å². The number of guanidine groups is 1. The second-order valence-electron chi connectivity index (χ2n) is 4.93. The average Bonchev–Trinajstić information content (AvgIpc) is 3.10. The number of hydrogen-bond acceptors (Lipinski definition) is 4. The van der Waals surface area contributed by atoms with E-state index in [2.05, 4.69) is 20.6 Å². The summed E-state index contributed by atoms with van der Waals surface area (Å²) >= 11 is 0. The highest BCUT2D eigenvalue weighted by Crippen LogP contribution is 2.01. The van der Waals surface area contributed by atoms with Gasteiger partial charge in [-0.1, -0.05) is 6.07 Å². The Bertz CT molecular complexity index is 561. The van der Waals surface area contributed by atoms with Crippen molar-refractivity contribution in [1.29, 1.82) is 0 Å². The SMILES string of the molecule is CCNC(=NCc1ccccn1)NCCCOCc1ccco1.I. The van der Waals surface area contributed by atoms with Crippen LogP contribution in [0.2, 0.25) is 0 Å².